The van der Waals surface area contributed by atoms with Crippen molar-refractivity contribution < 1.29 is 14.6 Å². The zero-order valence-electron chi connectivity index (χ0n) is 8.62. The molecule has 5 heteroatoms. The Balaban J connectivity index is 2.69. The topological polar surface area (TPSA) is 83.2 Å². The van der Waals surface area contributed by atoms with Crippen LogP contribution in [0.4, 0.5) is 0 Å². The standard InChI is InChI=1S/C11H10N2O3/c1-8(6-12)16-10-4-2-9(13-7-10)3-5-11(14)15/h2-5,7-8H,1H3,(H,14,15). The number of carboxylic acid groups (broad SMARTS) is 1. The zero-order chi connectivity index (χ0) is 12.0. The molecule has 1 N–H and O–H groups in total. The Morgan fingerprint density at radius 3 is 2.94 bits per heavy atom. The van der Waals surface area contributed by atoms with Crippen molar-refractivity contribution in [3.63, 3.8) is 0 Å². The van der Waals surface area contributed by atoms with E-state index in [2.05, 4.69) is 4.98 Å². The minimum atomic E-state index is -1.03. The number of nitrogens with zero attached hydrogens (tertiary/aromatic N) is 2. The van der Waals surface area contributed by atoms with Gasteiger partial charge >= 0.3 is 5.97 Å². The van der Waals surface area contributed by atoms with Crippen molar-refractivity contribution in [2.45, 2.75) is 13.0 Å². The number of aliphatic carboxylic acids is 1. The lowest BCUT2D eigenvalue weighted by Crippen LogP contribution is -2.08. The van der Waals surface area contributed by atoms with Gasteiger partial charge in [-0.1, -0.05) is 0 Å². The van der Waals surface area contributed by atoms with Crippen molar-refractivity contribution in [1.29, 1.82) is 5.26 Å². The van der Waals surface area contributed by atoms with Crippen LogP contribution >= 0.6 is 0 Å². The molecule has 1 aromatic rings. The van der Waals surface area contributed by atoms with E-state index in [0.717, 1.165) is 6.08 Å². The summed E-state index contributed by atoms with van der Waals surface area (Å²) in [5, 5.41) is 16.9. The normalized spacial score (nSPS) is 12.0. The first-order valence-electron chi connectivity index (χ1n) is 4.55. The van der Waals surface area contributed by atoms with E-state index in [-0.39, 0.29) is 0 Å². The van der Waals surface area contributed by atoms with Crippen molar-refractivity contribution in [3.05, 3.63) is 30.1 Å². The lowest BCUT2D eigenvalue weighted by molar-refractivity contribution is -0.131. The van der Waals surface area contributed by atoms with Crippen molar-refractivity contribution in [2.75, 3.05) is 0 Å². The molecule has 0 fully saturated rings. The number of carboxylic acids is 1. The molecule has 0 aliphatic heterocycles. The number of nitriles is 1. The van der Waals surface area contributed by atoms with Gasteiger partial charge in [0, 0.05) is 6.08 Å². The summed E-state index contributed by atoms with van der Waals surface area (Å²) in [7, 11) is 0. The Bertz CT molecular complexity index is 432. The van der Waals surface area contributed by atoms with Gasteiger partial charge in [0.05, 0.1) is 11.9 Å². The van der Waals surface area contributed by atoms with Gasteiger partial charge in [-0.2, -0.15) is 5.26 Å². The van der Waals surface area contributed by atoms with Gasteiger partial charge in [-0.05, 0) is 25.1 Å². The van der Waals surface area contributed by atoms with E-state index in [1.807, 2.05) is 6.07 Å². The number of carbonyl (C=O) groups is 1. The summed E-state index contributed by atoms with van der Waals surface area (Å²) in [4.78, 5) is 14.2. The summed E-state index contributed by atoms with van der Waals surface area (Å²) in [5.74, 6) is -0.554. The summed E-state index contributed by atoms with van der Waals surface area (Å²) in [6.07, 6.45) is 3.28. The Morgan fingerprint density at radius 2 is 2.44 bits per heavy atom. The maximum atomic E-state index is 10.2. The first-order chi connectivity index (χ1) is 7.61. The number of pyridine rings is 1. The second-order valence-corrected chi connectivity index (χ2v) is 2.98. The summed E-state index contributed by atoms with van der Waals surface area (Å²) >= 11 is 0. The van der Waals surface area contributed by atoms with E-state index in [1.54, 1.807) is 19.1 Å². The molecule has 0 saturated carbocycles. The van der Waals surface area contributed by atoms with Crippen LogP contribution in [0.5, 0.6) is 5.75 Å². The predicted octanol–water partition coefficient (Wildman–Crippen LogP) is 1.47. The lowest BCUT2D eigenvalue weighted by atomic mass is 10.3. The number of hydrogen-bond acceptors (Lipinski definition) is 4. The van der Waals surface area contributed by atoms with Crippen molar-refractivity contribution in [2.24, 2.45) is 0 Å². The Hall–Kier alpha value is -2.35. The van der Waals surface area contributed by atoms with Gasteiger partial charge < -0.3 is 9.84 Å². The van der Waals surface area contributed by atoms with E-state index < -0.39 is 12.1 Å². The molecule has 1 unspecified atom stereocenters. The van der Waals surface area contributed by atoms with Gasteiger partial charge in [0.2, 0.25) is 0 Å². The molecule has 0 bridgehead atoms. The minimum Gasteiger partial charge on any atom is -0.478 e. The largest absolute Gasteiger partial charge is 0.478 e. The smallest absolute Gasteiger partial charge is 0.328 e. The number of hydrogen-bond donors (Lipinski definition) is 1. The Kier molecular flexibility index (Phi) is 4.04. The average Bonchev–Trinajstić information content (AvgIpc) is 2.28. The fourth-order valence-electron chi connectivity index (χ4n) is 0.947. The molecule has 0 spiro atoms. The average molecular weight is 218 g/mol. The number of rotatable bonds is 4. The lowest BCUT2D eigenvalue weighted by Gasteiger charge is -2.06. The summed E-state index contributed by atoms with van der Waals surface area (Å²) < 4.78 is 5.18. The first-order valence-corrected chi connectivity index (χ1v) is 4.55. The minimum absolute atomic E-state index is 0.474. The van der Waals surface area contributed by atoms with Crippen molar-refractivity contribution >= 4 is 12.0 Å². The second kappa shape index (κ2) is 5.51. The molecule has 1 rings (SSSR count). The summed E-state index contributed by atoms with van der Waals surface area (Å²) in [6, 6.07) is 5.16. The highest BCUT2D eigenvalue weighted by Crippen LogP contribution is 2.11. The van der Waals surface area contributed by atoms with E-state index in [0.29, 0.717) is 11.4 Å². The molecule has 0 saturated heterocycles. The fraction of sp³-hybridized carbons (Fsp3) is 0.182. The third kappa shape index (κ3) is 3.80. The molecular weight excluding hydrogens is 208 g/mol. The monoisotopic (exact) mass is 218 g/mol. The highest BCUT2D eigenvalue weighted by atomic mass is 16.5. The van der Waals surface area contributed by atoms with Crippen LogP contribution in [-0.2, 0) is 4.79 Å². The molecule has 0 radical (unpaired) electrons. The molecule has 1 atom stereocenters. The number of ether oxygens (including phenoxy) is 1. The van der Waals surface area contributed by atoms with Crippen LogP contribution in [0.25, 0.3) is 6.08 Å². The maximum Gasteiger partial charge on any atom is 0.328 e. The van der Waals surface area contributed by atoms with E-state index >= 15 is 0 Å². The molecule has 1 aromatic heterocycles. The quantitative estimate of drug-likeness (QED) is 0.773. The van der Waals surface area contributed by atoms with Gasteiger partial charge in [-0.15, -0.1) is 0 Å². The highest BCUT2D eigenvalue weighted by Gasteiger charge is 2.01. The van der Waals surface area contributed by atoms with Crippen LogP contribution in [0.3, 0.4) is 0 Å². The molecule has 0 amide bonds. The molecule has 0 aliphatic carbocycles. The predicted molar refractivity (Wildman–Crippen MR) is 56.6 cm³/mol. The SMILES string of the molecule is CC(C#N)Oc1ccc(C=CC(=O)O)nc1. The molecule has 16 heavy (non-hydrogen) atoms. The van der Waals surface area contributed by atoms with Gasteiger partial charge in [0.1, 0.15) is 11.8 Å². The van der Waals surface area contributed by atoms with E-state index in [1.165, 1.54) is 12.3 Å². The molecule has 5 nitrogen and oxygen atoms in total. The maximum absolute atomic E-state index is 10.2. The van der Waals surface area contributed by atoms with Crippen LogP contribution in [0.1, 0.15) is 12.6 Å². The molecule has 0 aliphatic rings. The van der Waals surface area contributed by atoms with Crippen molar-refractivity contribution in [1.82, 2.24) is 4.98 Å². The van der Waals surface area contributed by atoms with Crippen LogP contribution in [0.15, 0.2) is 24.4 Å². The number of aromatic nitrogens is 1. The third-order valence-electron chi connectivity index (χ3n) is 1.65. The molecule has 0 aromatic carbocycles. The van der Waals surface area contributed by atoms with Crippen LogP contribution in [-0.4, -0.2) is 22.2 Å². The van der Waals surface area contributed by atoms with Crippen LogP contribution < -0.4 is 4.74 Å². The second-order valence-electron chi connectivity index (χ2n) is 2.98. The first kappa shape index (κ1) is 11.7. The molecule has 1 heterocycles. The highest BCUT2D eigenvalue weighted by molar-refractivity contribution is 5.84. The van der Waals surface area contributed by atoms with Gasteiger partial charge in [0.25, 0.3) is 0 Å². The Morgan fingerprint density at radius 1 is 1.69 bits per heavy atom. The van der Waals surface area contributed by atoms with E-state index in [4.69, 9.17) is 15.1 Å². The fourth-order valence-corrected chi connectivity index (χ4v) is 0.947. The van der Waals surface area contributed by atoms with Gasteiger partial charge in [-0.3, -0.25) is 4.98 Å². The van der Waals surface area contributed by atoms with Crippen LogP contribution in [0.2, 0.25) is 0 Å². The van der Waals surface area contributed by atoms with E-state index in [9.17, 15) is 4.79 Å². The van der Waals surface area contributed by atoms with Crippen LogP contribution in [0, 0.1) is 11.3 Å². The molecular formula is C11H10N2O3. The zero-order valence-corrected chi connectivity index (χ0v) is 8.62. The van der Waals surface area contributed by atoms with Gasteiger partial charge in [-0.25, -0.2) is 4.79 Å². The van der Waals surface area contributed by atoms with Crippen molar-refractivity contribution in [3.8, 4) is 11.8 Å². The summed E-state index contributed by atoms with van der Waals surface area (Å²) in [5.41, 5.74) is 0.513. The Labute approximate surface area is 92.6 Å². The molecule has 82 valence electrons. The third-order valence-corrected chi connectivity index (χ3v) is 1.65. The van der Waals surface area contributed by atoms with Gasteiger partial charge in [0.15, 0.2) is 6.10 Å². The summed E-state index contributed by atoms with van der Waals surface area (Å²) in [6.45, 7) is 1.62.